The average molecular weight is 316 g/mol. The Labute approximate surface area is 144 Å². The lowest BCUT2D eigenvalue weighted by Gasteiger charge is -2.11. The molecule has 0 aliphatic carbocycles. The standard InChI is InChI=1S/C22H24N2/c1-3-9-17-11-5-7-13-19(17)21-15-23-16-22(24-21)20-14-8-6-12-18(20)10-4-2/h5-8,11-16H,3-4,9-10H2,1-2H3. The zero-order chi connectivity index (χ0) is 16.8. The van der Waals surface area contributed by atoms with Gasteiger partial charge < -0.3 is 0 Å². The predicted molar refractivity (Wildman–Crippen MR) is 101 cm³/mol. The molecule has 0 fully saturated rings. The number of aryl methyl sites for hydroxylation is 2. The number of hydrogen-bond donors (Lipinski definition) is 0. The molecule has 0 aliphatic rings. The van der Waals surface area contributed by atoms with E-state index >= 15 is 0 Å². The van der Waals surface area contributed by atoms with Gasteiger partial charge in [-0.25, -0.2) is 4.98 Å². The Bertz CT molecular complexity index is 744. The maximum atomic E-state index is 4.94. The highest BCUT2D eigenvalue weighted by Crippen LogP contribution is 2.27. The van der Waals surface area contributed by atoms with Gasteiger partial charge in [0, 0.05) is 11.1 Å². The molecule has 0 amide bonds. The van der Waals surface area contributed by atoms with E-state index in [0.717, 1.165) is 37.1 Å². The molecule has 24 heavy (non-hydrogen) atoms. The zero-order valence-corrected chi connectivity index (χ0v) is 14.5. The van der Waals surface area contributed by atoms with E-state index in [4.69, 9.17) is 4.98 Å². The fourth-order valence-electron chi connectivity index (χ4n) is 3.14. The maximum absolute atomic E-state index is 4.94. The summed E-state index contributed by atoms with van der Waals surface area (Å²) < 4.78 is 0. The van der Waals surface area contributed by atoms with Crippen LogP contribution in [0.2, 0.25) is 0 Å². The van der Waals surface area contributed by atoms with Gasteiger partial charge in [0.15, 0.2) is 0 Å². The minimum Gasteiger partial charge on any atom is -0.260 e. The number of hydrogen-bond acceptors (Lipinski definition) is 2. The second kappa shape index (κ2) is 7.87. The molecular formula is C22H24N2. The van der Waals surface area contributed by atoms with Crippen molar-refractivity contribution >= 4 is 0 Å². The average Bonchev–Trinajstić information content (AvgIpc) is 2.63. The van der Waals surface area contributed by atoms with Crippen molar-refractivity contribution in [3.63, 3.8) is 0 Å². The minimum absolute atomic E-state index is 0.961. The molecule has 0 atom stereocenters. The summed E-state index contributed by atoms with van der Waals surface area (Å²) in [7, 11) is 0. The van der Waals surface area contributed by atoms with E-state index in [1.165, 1.54) is 22.3 Å². The van der Waals surface area contributed by atoms with Crippen LogP contribution >= 0.6 is 0 Å². The number of nitrogens with zero attached hydrogens (tertiary/aromatic N) is 2. The lowest BCUT2D eigenvalue weighted by Crippen LogP contribution is -1.96. The van der Waals surface area contributed by atoms with Crippen molar-refractivity contribution in [2.75, 3.05) is 0 Å². The summed E-state index contributed by atoms with van der Waals surface area (Å²) in [6.07, 6.45) is 8.14. The van der Waals surface area contributed by atoms with Gasteiger partial charge in [-0.2, -0.15) is 0 Å². The van der Waals surface area contributed by atoms with Gasteiger partial charge in [0.25, 0.3) is 0 Å². The van der Waals surface area contributed by atoms with Crippen LogP contribution in [0, 0.1) is 0 Å². The molecule has 1 heterocycles. The minimum atomic E-state index is 0.961. The van der Waals surface area contributed by atoms with Crippen molar-refractivity contribution in [1.29, 1.82) is 0 Å². The summed E-state index contributed by atoms with van der Waals surface area (Å²) in [5, 5.41) is 0. The zero-order valence-electron chi connectivity index (χ0n) is 14.5. The van der Waals surface area contributed by atoms with Crippen LogP contribution in [0.4, 0.5) is 0 Å². The largest absolute Gasteiger partial charge is 0.260 e. The molecule has 0 saturated carbocycles. The SMILES string of the molecule is CCCc1ccccc1-c1cncc(-c2ccccc2CCC)n1. The summed E-state index contributed by atoms with van der Waals surface area (Å²) in [6.45, 7) is 4.42. The van der Waals surface area contributed by atoms with E-state index in [1.54, 1.807) is 0 Å². The van der Waals surface area contributed by atoms with Crippen LogP contribution in [0.15, 0.2) is 60.9 Å². The Kier molecular flexibility index (Phi) is 5.37. The smallest absolute Gasteiger partial charge is 0.0895 e. The van der Waals surface area contributed by atoms with Gasteiger partial charge in [-0.3, -0.25) is 4.98 Å². The third-order valence-electron chi connectivity index (χ3n) is 4.26. The normalized spacial score (nSPS) is 10.8. The van der Waals surface area contributed by atoms with Gasteiger partial charge in [0.05, 0.1) is 23.8 Å². The van der Waals surface area contributed by atoms with Gasteiger partial charge >= 0.3 is 0 Å². The van der Waals surface area contributed by atoms with Crippen LogP contribution in [-0.2, 0) is 12.8 Å². The summed E-state index contributed by atoms with van der Waals surface area (Å²) in [5.74, 6) is 0. The second-order valence-electron chi connectivity index (χ2n) is 6.10. The van der Waals surface area contributed by atoms with Crippen LogP contribution in [0.25, 0.3) is 22.5 Å². The van der Waals surface area contributed by atoms with E-state index in [1.807, 2.05) is 12.4 Å². The molecule has 0 aliphatic heterocycles. The first-order chi connectivity index (χ1) is 11.8. The summed E-state index contributed by atoms with van der Waals surface area (Å²) in [4.78, 5) is 9.41. The van der Waals surface area contributed by atoms with Gasteiger partial charge in [0.1, 0.15) is 0 Å². The maximum Gasteiger partial charge on any atom is 0.0895 e. The summed E-state index contributed by atoms with van der Waals surface area (Å²) in [5.41, 5.74) is 7.00. The topological polar surface area (TPSA) is 25.8 Å². The van der Waals surface area contributed by atoms with Crippen LogP contribution in [0.3, 0.4) is 0 Å². The van der Waals surface area contributed by atoms with Crippen molar-refractivity contribution in [2.45, 2.75) is 39.5 Å². The molecule has 3 aromatic rings. The van der Waals surface area contributed by atoms with Gasteiger partial charge in [-0.15, -0.1) is 0 Å². The summed E-state index contributed by atoms with van der Waals surface area (Å²) in [6, 6.07) is 17.0. The molecule has 0 N–H and O–H groups in total. The van der Waals surface area contributed by atoms with Crippen molar-refractivity contribution in [1.82, 2.24) is 9.97 Å². The highest BCUT2D eigenvalue weighted by Gasteiger charge is 2.10. The molecule has 122 valence electrons. The monoisotopic (exact) mass is 316 g/mol. The first-order valence-corrected chi connectivity index (χ1v) is 8.82. The Morgan fingerprint density at radius 1 is 0.667 bits per heavy atom. The molecule has 0 radical (unpaired) electrons. The Balaban J connectivity index is 2.05. The van der Waals surface area contributed by atoms with Crippen molar-refractivity contribution < 1.29 is 0 Å². The third kappa shape index (κ3) is 3.53. The first kappa shape index (κ1) is 16.4. The fourth-order valence-corrected chi connectivity index (χ4v) is 3.14. The Morgan fingerprint density at radius 2 is 1.12 bits per heavy atom. The highest BCUT2D eigenvalue weighted by molar-refractivity contribution is 5.68. The van der Waals surface area contributed by atoms with Gasteiger partial charge in [-0.1, -0.05) is 75.2 Å². The quantitative estimate of drug-likeness (QED) is 0.581. The number of aromatic nitrogens is 2. The Hall–Kier alpha value is -2.48. The van der Waals surface area contributed by atoms with E-state index < -0.39 is 0 Å². The molecule has 3 rings (SSSR count). The summed E-state index contributed by atoms with van der Waals surface area (Å²) >= 11 is 0. The lowest BCUT2D eigenvalue weighted by atomic mass is 9.99. The molecular weight excluding hydrogens is 292 g/mol. The fraction of sp³-hybridized carbons (Fsp3) is 0.273. The lowest BCUT2D eigenvalue weighted by molar-refractivity contribution is 0.920. The van der Waals surface area contributed by atoms with E-state index in [-0.39, 0.29) is 0 Å². The molecule has 0 spiro atoms. The van der Waals surface area contributed by atoms with Crippen LogP contribution in [0.5, 0.6) is 0 Å². The predicted octanol–water partition coefficient (Wildman–Crippen LogP) is 5.72. The second-order valence-corrected chi connectivity index (χ2v) is 6.10. The van der Waals surface area contributed by atoms with Crippen LogP contribution in [0.1, 0.15) is 37.8 Å². The first-order valence-electron chi connectivity index (χ1n) is 8.82. The van der Waals surface area contributed by atoms with Crippen LogP contribution in [-0.4, -0.2) is 9.97 Å². The van der Waals surface area contributed by atoms with Crippen molar-refractivity contribution in [3.05, 3.63) is 72.1 Å². The van der Waals surface area contributed by atoms with Crippen molar-refractivity contribution in [3.8, 4) is 22.5 Å². The van der Waals surface area contributed by atoms with E-state index in [2.05, 4.69) is 67.4 Å². The molecule has 0 unspecified atom stereocenters. The van der Waals surface area contributed by atoms with Crippen molar-refractivity contribution in [2.24, 2.45) is 0 Å². The third-order valence-corrected chi connectivity index (χ3v) is 4.26. The molecule has 2 nitrogen and oxygen atoms in total. The van der Waals surface area contributed by atoms with Gasteiger partial charge in [-0.05, 0) is 24.0 Å². The molecule has 0 bridgehead atoms. The highest BCUT2D eigenvalue weighted by atomic mass is 14.8. The van der Waals surface area contributed by atoms with E-state index in [9.17, 15) is 0 Å². The molecule has 2 heteroatoms. The van der Waals surface area contributed by atoms with Gasteiger partial charge in [0.2, 0.25) is 0 Å². The molecule has 2 aromatic carbocycles. The number of benzene rings is 2. The van der Waals surface area contributed by atoms with E-state index in [0.29, 0.717) is 0 Å². The molecule has 0 saturated heterocycles. The number of rotatable bonds is 6. The van der Waals surface area contributed by atoms with Crippen LogP contribution < -0.4 is 0 Å². The Morgan fingerprint density at radius 3 is 1.58 bits per heavy atom. The molecule has 1 aromatic heterocycles.